The van der Waals surface area contributed by atoms with Gasteiger partial charge in [0.1, 0.15) is 0 Å². The van der Waals surface area contributed by atoms with Gasteiger partial charge in [-0.1, -0.05) is 162 Å². The molecule has 42 heteroatoms. The minimum atomic E-state index is -6.35. The van der Waals surface area contributed by atoms with Crippen LogP contribution in [0.5, 0.6) is 0 Å². The first-order valence-corrected chi connectivity index (χ1v) is 28.8. The van der Waals surface area contributed by atoms with Crippen molar-refractivity contribution < 1.29 is 75.6 Å². The Morgan fingerprint density at radius 2 is 0.214 bits per heavy atom. The topological polar surface area (TPSA) is 379 Å². The zero-order chi connectivity index (χ0) is 27.0. The van der Waals surface area contributed by atoms with E-state index in [-0.39, 0.29) is 162 Å². The molecule has 0 saturated carbocycles. The number of rotatable bonds is 0. The Labute approximate surface area is 352 Å². The Morgan fingerprint density at radius 1 is 0.214 bits per heavy atom. The summed E-state index contributed by atoms with van der Waals surface area (Å²) in [6.45, 7) is 0. The molecule has 0 amide bonds. The Kier molecular flexibility index (Phi) is 160. The van der Waals surface area contributed by atoms with Gasteiger partial charge in [-0.05, 0) is 0 Å². The smallest absolute Gasteiger partial charge is 0.0576 e. The van der Waals surface area contributed by atoms with E-state index in [0.29, 0.717) is 0 Å². The average Bonchev–Trinajstić information content (AvgIpc) is 1.94. The first-order valence-electron chi connectivity index (χ1n) is 4.30. The molecule has 0 bridgehead atoms. The van der Waals surface area contributed by atoms with E-state index in [1.807, 2.05) is 0 Å². The fourth-order valence-corrected chi connectivity index (χ4v) is 0. The first-order chi connectivity index (χ1) is 12.0. The number of hydrogen-bond donors (Lipinski definition) is 0. The molecule has 0 saturated heterocycles. The van der Waals surface area contributed by atoms with Crippen LogP contribution < -0.4 is 40.6 Å². The van der Waals surface area contributed by atoms with Gasteiger partial charge in [-0.2, -0.15) is 0 Å². The fourth-order valence-electron chi connectivity index (χ4n) is 0. The van der Waals surface area contributed by atoms with E-state index in [1.54, 1.807) is 0 Å². The molecule has 0 unspecified atom stereocenters. The Bertz CT molecular complexity index is 510. The maximum atomic E-state index is 10.2. The molecule has 0 heterocycles. The Balaban J connectivity index is -0.00000000973. The van der Waals surface area contributed by atoms with Crippen LogP contribution in [-0.4, -0.2) is 121 Å². The van der Waals surface area contributed by atoms with E-state index in [2.05, 4.69) is 0 Å². The van der Waals surface area contributed by atoms with E-state index in [9.17, 15) is 16.9 Å². The van der Waals surface area contributed by atoms with E-state index in [1.165, 1.54) is 0 Å². The van der Waals surface area contributed by atoms with Crippen LogP contribution in [0.1, 0.15) is 0 Å². The molecule has 0 spiro atoms. The summed E-state index contributed by atoms with van der Waals surface area (Å²) in [6, 6.07) is 0. The molecule has 0 aromatic rings. The fraction of sp³-hybridized carbons (Fsp3) is 0. The maximum Gasteiger partial charge on any atom is -0.0576 e. The molecule has 0 N–H and O–H groups in total. The van der Waals surface area contributed by atoms with Crippen molar-refractivity contribution in [2.45, 2.75) is 0 Å². The zero-order valence-corrected chi connectivity index (χ0v) is 48.4. The van der Waals surface area contributed by atoms with Crippen molar-refractivity contribution in [1.29, 1.82) is 0 Å². The van der Waals surface area contributed by atoms with E-state index in [0.717, 1.165) is 0 Å². The quantitative estimate of drug-likeness (QED) is 0.123. The van der Waals surface area contributed by atoms with Gasteiger partial charge in [-0.15, -0.1) is 0 Å². The van der Waals surface area contributed by atoms with Crippen molar-refractivity contribution >= 4 is 283 Å². The number of hydrogen-bond acceptors (Lipinski definition) is 18. The summed E-state index contributed by atoms with van der Waals surface area (Å²) >= 11 is -38.1. The molecule has 0 aromatic heterocycles. The van der Waals surface area contributed by atoms with Crippen molar-refractivity contribution in [3.63, 3.8) is 0 Å². The molecule has 0 aliphatic rings. The van der Waals surface area contributed by atoms with Gasteiger partial charge in [0.2, 0.25) is 0 Å². The predicted molar refractivity (Wildman–Crippen MR) is 184 cm³/mol. The molecule has 0 rings (SSSR count). The summed E-state index contributed by atoms with van der Waals surface area (Å²) in [6.07, 6.45) is 0. The second kappa shape index (κ2) is 57.4. The SMILES string of the molecule is [O]=[Sb]([O-])([O-])[F].[O]=[Sb]([O-])([O-])[F].[O]=[Sb]([O-])([O-])[F].[O]=[Sb]([O-])([O-])[F].[O]=[Sb]([O-])([O-])[F].[O]=[Sb]([O-])([O-])[F].[SH3+].[SH3+].[SH3+].[SH3+].[SH3+].[SH3+].[SH3+].[SH3+].[SH3+].[SH3+].[SH3+].[SH3+]. The average molecular weight is 1550 g/mol. The van der Waals surface area contributed by atoms with Gasteiger partial charge in [-0.3, -0.25) is 0 Å². The summed E-state index contributed by atoms with van der Waals surface area (Å²) in [4.78, 5) is 0. The summed E-state index contributed by atoms with van der Waals surface area (Å²) in [5.74, 6) is 0. The van der Waals surface area contributed by atoms with Gasteiger partial charge in [-0.25, -0.2) is 0 Å². The second-order valence-electron chi connectivity index (χ2n) is 2.58. The minimum absolute atomic E-state index is 0. The normalized spacial score (nSPS) is 8.43. The van der Waals surface area contributed by atoms with Crippen LogP contribution in [0.25, 0.3) is 0 Å². The van der Waals surface area contributed by atoms with Crippen molar-refractivity contribution in [3.05, 3.63) is 0 Å². The van der Waals surface area contributed by atoms with Crippen LogP contribution in [0.15, 0.2) is 0 Å². The molecule has 0 fully saturated rings. The van der Waals surface area contributed by atoms with Gasteiger partial charge in [0.25, 0.3) is 0 Å². The zero-order valence-electron chi connectivity index (χ0n) is 19.2. The predicted octanol–water partition coefficient (Wildman–Crippen LogP) is -24.4. The third-order valence-corrected chi connectivity index (χ3v) is 0. The molecule has 0 radical (unpaired) electrons. The maximum absolute atomic E-state index is 10.2. The van der Waals surface area contributed by atoms with Crippen molar-refractivity contribution in [2.24, 2.45) is 0 Å². The van der Waals surface area contributed by atoms with Crippen LogP contribution in [0, 0.1) is 0 Å². The molecule has 288 valence electrons. The standard InChI is InChI=1S/6FH.18O.12H2S.6Sb/h6*1H;;;;;;;;;;;;;;;;;;;12*1H2;;;;;;/q;;;;;;;;;;;;12*-1;;;;;;;;;;;;;6*+1/p+6. The largest absolute Gasteiger partial charge is 0.0576 e. The van der Waals surface area contributed by atoms with Crippen LogP contribution in [0.3, 0.4) is 0 Å². The Hall–Kier alpha value is 7.01. The van der Waals surface area contributed by atoms with Crippen molar-refractivity contribution in [2.75, 3.05) is 0 Å². The molecular weight excluding hydrogens is 1520 g/mol. The van der Waals surface area contributed by atoms with E-state index >= 15 is 0 Å². The third-order valence-electron chi connectivity index (χ3n) is 0. The van der Waals surface area contributed by atoms with Gasteiger partial charge in [0.15, 0.2) is 0 Å². The molecule has 42 heavy (non-hydrogen) atoms. The summed E-state index contributed by atoms with van der Waals surface area (Å²) in [5, 5.41) is 0. The molecule has 0 aliphatic carbocycles. The van der Waals surface area contributed by atoms with Crippen molar-refractivity contribution in [1.82, 2.24) is 0 Å². The van der Waals surface area contributed by atoms with E-state index < -0.39 is 121 Å². The van der Waals surface area contributed by atoms with Crippen LogP contribution >= 0.6 is 0 Å². The second-order valence-corrected chi connectivity index (χ2v) is 17.3. The monoisotopic (exact) mass is 1550 g/mol. The molecule has 0 atom stereocenters. The summed E-state index contributed by atoms with van der Waals surface area (Å²) in [7, 11) is 0. The van der Waals surface area contributed by atoms with Crippen LogP contribution in [-0.2, 0) is 180 Å². The summed E-state index contributed by atoms with van der Waals surface area (Å²) < 4.78 is 215. The number of halogens is 6. The molecular formula is H36F6O18S12Sb6. The molecule has 0 aliphatic heterocycles. The van der Waals surface area contributed by atoms with Crippen molar-refractivity contribution in [3.8, 4) is 0 Å². The van der Waals surface area contributed by atoms with Gasteiger partial charge >= 0.3 is 197 Å². The van der Waals surface area contributed by atoms with Gasteiger partial charge in [0, 0.05) is 0 Å². The summed E-state index contributed by atoms with van der Waals surface area (Å²) in [5.41, 5.74) is 0. The first kappa shape index (κ1) is 117. The minimum Gasteiger partial charge on any atom is -0.0576 e. The van der Waals surface area contributed by atoms with E-state index in [4.69, 9.17) is 58.7 Å². The molecule has 0 aromatic carbocycles. The molecule has 18 nitrogen and oxygen atoms in total. The van der Waals surface area contributed by atoms with Crippen LogP contribution in [0.2, 0.25) is 0 Å². The Morgan fingerprint density at radius 3 is 0.214 bits per heavy atom. The third kappa shape index (κ3) is 2030. The van der Waals surface area contributed by atoms with Crippen LogP contribution in [0.4, 0.5) is 16.9 Å². The van der Waals surface area contributed by atoms with Gasteiger partial charge < -0.3 is 0 Å². The van der Waals surface area contributed by atoms with Gasteiger partial charge in [0.05, 0.1) is 0 Å².